The minimum absolute atomic E-state index is 0.0291. The van der Waals surface area contributed by atoms with Crippen LogP contribution in [0, 0.1) is 17.8 Å². The van der Waals surface area contributed by atoms with Gasteiger partial charge < -0.3 is 4.90 Å². The van der Waals surface area contributed by atoms with Gasteiger partial charge in [-0.25, -0.2) is 0 Å². The average Bonchev–Trinajstić information content (AvgIpc) is 2.57. The highest BCUT2D eigenvalue weighted by atomic mass is 16.2. The van der Waals surface area contributed by atoms with Gasteiger partial charge in [0.1, 0.15) is 0 Å². The van der Waals surface area contributed by atoms with Gasteiger partial charge in [0.15, 0.2) is 0 Å². The number of carbonyl (C=O) groups is 1. The van der Waals surface area contributed by atoms with Crippen molar-refractivity contribution in [1.29, 1.82) is 0 Å². The zero-order valence-electron chi connectivity index (χ0n) is 12.9. The second kappa shape index (κ2) is 6.55. The number of rotatable bonds is 6. The Bertz CT molecular complexity index is 276. The molecule has 0 aromatic carbocycles. The number of hydrogen-bond acceptors (Lipinski definition) is 2. The van der Waals surface area contributed by atoms with E-state index < -0.39 is 0 Å². The molecule has 1 amide bonds. The van der Waals surface area contributed by atoms with Crippen molar-refractivity contribution < 1.29 is 4.79 Å². The molecule has 0 saturated carbocycles. The number of amides is 1. The minimum atomic E-state index is 0.0291. The summed E-state index contributed by atoms with van der Waals surface area (Å²) in [6.07, 6.45) is 2.29. The Labute approximate surface area is 112 Å². The van der Waals surface area contributed by atoms with Gasteiger partial charge in [-0.05, 0) is 24.2 Å². The molecule has 0 aliphatic carbocycles. The Balaban J connectivity index is 2.74. The topological polar surface area (TPSA) is 32.3 Å². The molecule has 0 bridgehead atoms. The Morgan fingerprint density at radius 1 is 1.22 bits per heavy atom. The summed E-state index contributed by atoms with van der Waals surface area (Å²) in [7, 11) is 0. The van der Waals surface area contributed by atoms with Gasteiger partial charge in [0.05, 0.1) is 12.2 Å². The van der Waals surface area contributed by atoms with Gasteiger partial charge in [-0.2, -0.15) is 0 Å². The van der Waals surface area contributed by atoms with Crippen LogP contribution in [0.5, 0.6) is 0 Å². The van der Waals surface area contributed by atoms with Crippen LogP contribution in [0.25, 0.3) is 0 Å². The molecule has 106 valence electrons. The molecular formula is C15H30N2O. The lowest BCUT2D eigenvalue weighted by molar-refractivity contribution is -0.131. The van der Waals surface area contributed by atoms with Gasteiger partial charge in [-0.15, -0.1) is 0 Å². The Morgan fingerprint density at radius 2 is 1.83 bits per heavy atom. The SMILES string of the molecule is CCC(C)CN1C(=O)C(CC(C)C)NC1C(C)C. The molecule has 0 radical (unpaired) electrons. The average molecular weight is 254 g/mol. The number of nitrogens with zero attached hydrogens (tertiary/aromatic N) is 1. The quantitative estimate of drug-likeness (QED) is 0.790. The largest absolute Gasteiger partial charge is 0.325 e. The highest BCUT2D eigenvalue weighted by molar-refractivity contribution is 5.84. The summed E-state index contributed by atoms with van der Waals surface area (Å²) in [5.41, 5.74) is 0. The maximum atomic E-state index is 12.5. The zero-order chi connectivity index (χ0) is 13.9. The first-order valence-electron chi connectivity index (χ1n) is 7.43. The maximum Gasteiger partial charge on any atom is 0.241 e. The van der Waals surface area contributed by atoms with Crippen LogP contribution in [0.4, 0.5) is 0 Å². The summed E-state index contributed by atoms with van der Waals surface area (Å²) in [5.74, 6) is 1.91. The fraction of sp³-hybridized carbons (Fsp3) is 0.933. The predicted molar refractivity (Wildman–Crippen MR) is 76.2 cm³/mol. The molecule has 0 aromatic rings. The van der Waals surface area contributed by atoms with E-state index in [1.165, 1.54) is 0 Å². The van der Waals surface area contributed by atoms with Crippen LogP contribution in [0.1, 0.15) is 54.4 Å². The second-order valence-corrected chi connectivity index (χ2v) is 6.54. The number of carbonyl (C=O) groups excluding carboxylic acids is 1. The van der Waals surface area contributed by atoms with Gasteiger partial charge in [0, 0.05) is 6.54 Å². The van der Waals surface area contributed by atoms with E-state index in [0.29, 0.717) is 23.7 Å². The third kappa shape index (κ3) is 3.71. The normalized spacial score (nSPS) is 26.4. The Morgan fingerprint density at radius 3 is 2.28 bits per heavy atom. The summed E-state index contributed by atoms with van der Waals surface area (Å²) in [6.45, 7) is 14.0. The molecule has 3 nitrogen and oxygen atoms in total. The summed E-state index contributed by atoms with van der Waals surface area (Å²) < 4.78 is 0. The van der Waals surface area contributed by atoms with E-state index in [1.54, 1.807) is 0 Å². The first-order chi connectivity index (χ1) is 8.36. The van der Waals surface area contributed by atoms with Gasteiger partial charge >= 0.3 is 0 Å². The van der Waals surface area contributed by atoms with Crippen LogP contribution in [-0.2, 0) is 4.79 Å². The van der Waals surface area contributed by atoms with Gasteiger partial charge in [-0.3, -0.25) is 10.1 Å². The van der Waals surface area contributed by atoms with Crippen molar-refractivity contribution in [2.75, 3.05) is 6.54 Å². The first kappa shape index (κ1) is 15.5. The molecule has 0 spiro atoms. The van der Waals surface area contributed by atoms with Crippen molar-refractivity contribution >= 4 is 5.91 Å². The van der Waals surface area contributed by atoms with Crippen molar-refractivity contribution in [2.45, 2.75) is 66.6 Å². The van der Waals surface area contributed by atoms with Gasteiger partial charge in [0.2, 0.25) is 5.91 Å². The first-order valence-corrected chi connectivity index (χ1v) is 7.43. The van der Waals surface area contributed by atoms with Crippen LogP contribution >= 0.6 is 0 Å². The lowest BCUT2D eigenvalue weighted by atomic mass is 10.0. The molecule has 1 heterocycles. The fourth-order valence-corrected chi connectivity index (χ4v) is 2.57. The third-order valence-electron chi connectivity index (χ3n) is 3.83. The minimum Gasteiger partial charge on any atom is -0.325 e. The van der Waals surface area contributed by atoms with Gasteiger partial charge in [0.25, 0.3) is 0 Å². The van der Waals surface area contributed by atoms with E-state index in [0.717, 1.165) is 19.4 Å². The summed E-state index contributed by atoms with van der Waals surface area (Å²) in [6, 6.07) is 0.0291. The molecule has 3 unspecified atom stereocenters. The molecule has 1 rings (SSSR count). The van der Waals surface area contributed by atoms with Crippen LogP contribution in [-0.4, -0.2) is 29.6 Å². The zero-order valence-corrected chi connectivity index (χ0v) is 12.9. The Kier molecular flexibility index (Phi) is 5.64. The fourth-order valence-electron chi connectivity index (χ4n) is 2.57. The number of hydrogen-bond donors (Lipinski definition) is 1. The summed E-state index contributed by atoms with van der Waals surface area (Å²) in [4.78, 5) is 14.5. The third-order valence-corrected chi connectivity index (χ3v) is 3.83. The van der Waals surface area contributed by atoms with Crippen LogP contribution < -0.4 is 5.32 Å². The van der Waals surface area contributed by atoms with Crippen molar-refractivity contribution in [3.63, 3.8) is 0 Å². The second-order valence-electron chi connectivity index (χ2n) is 6.54. The van der Waals surface area contributed by atoms with Crippen molar-refractivity contribution in [1.82, 2.24) is 10.2 Å². The van der Waals surface area contributed by atoms with Crippen molar-refractivity contribution in [3.8, 4) is 0 Å². The molecule has 3 atom stereocenters. The smallest absolute Gasteiger partial charge is 0.241 e. The van der Waals surface area contributed by atoms with E-state index in [9.17, 15) is 4.79 Å². The molecular weight excluding hydrogens is 224 g/mol. The molecule has 1 fully saturated rings. The highest BCUT2D eigenvalue weighted by Crippen LogP contribution is 2.23. The van der Waals surface area contributed by atoms with Crippen molar-refractivity contribution in [3.05, 3.63) is 0 Å². The molecule has 3 heteroatoms. The Hall–Kier alpha value is -0.570. The molecule has 1 saturated heterocycles. The van der Waals surface area contributed by atoms with E-state index in [-0.39, 0.29) is 12.2 Å². The standard InChI is InChI=1S/C15H30N2O/c1-7-12(6)9-17-14(11(4)5)16-13(15(17)18)8-10(2)3/h10-14,16H,7-9H2,1-6H3. The summed E-state index contributed by atoms with van der Waals surface area (Å²) >= 11 is 0. The lowest BCUT2D eigenvalue weighted by Gasteiger charge is -2.29. The van der Waals surface area contributed by atoms with E-state index in [1.807, 2.05) is 0 Å². The van der Waals surface area contributed by atoms with Crippen molar-refractivity contribution in [2.24, 2.45) is 17.8 Å². The van der Waals surface area contributed by atoms with Crippen LogP contribution in [0.2, 0.25) is 0 Å². The molecule has 1 aliphatic heterocycles. The van der Waals surface area contributed by atoms with E-state index in [2.05, 4.69) is 51.8 Å². The molecule has 0 aromatic heterocycles. The highest BCUT2D eigenvalue weighted by Gasteiger charge is 2.40. The van der Waals surface area contributed by atoms with E-state index >= 15 is 0 Å². The monoisotopic (exact) mass is 254 g/mol. The van der Waals surface area contributed by atoms with Crippen LogP contribution in [0.15, 0.2) is 0 Å². The maximum absolute atomic E-state index is 12.5. The van der Waals surface area contributed by atoms with E-state index in [4.69, 9.17) is 0 Å². The van der Waals surface area contributed by atoms with Gasteiger partial charge in [-0.1, -0.05) is 48.0 Å². The lowest BCUT2D eigenvalue weighted by Crippen LogP contribution is -2.43. The molecule has 18 heavy (non-hydrogen) atoms. The van der Waals surface area contributed by atoms with Crippen LogP contribution in [0.3, 0.4) is 0 Å². The summed E-state index contributed by atoms with van der Waals surface area (Å²) in [5, 5.41) is 3.53. The molecule has 1 aliphatic rings. The predicted octanol–water partition coefficient (Wildman–Crippen LogP) is 2.86. The number of nitrogens with one attached hydrogen (secondary N) is 1. The molecule has 1 N–H and O–H groups in total.